The van der Waals surface area contributed by atoms with Crippen molar-refractivity contribution < 1.29 is 8.42 Å². The van der Waals surface area contributed by atoms with Crippen LogP contribution in [0.25, 0.3) is 11.0 Å². The molecule has 1 fully saturated rings. The van der Waals surface area contributed by atoms with Crippen molar-refractivity contribution in [2.24, 2.45) is 5.92 Å². The van der Waals surface area contributed by atoms with Crippen LogP contribution >= 0.6 is 0 Å². The van der Waals surface area contributed by atoms with E-state index in [1.54, 1.807) is 30.3 Å². The molecule has 30 heavy (non-hydrogen) atoms. The molecule has 0 unspecified atom stereocenters. The van der Waals surface area contributed by atoms with Gasteiger partial charge in [-0.3, -0.25) is 0 Å². The minimum atomic E-state index is -3.80. The van der Waals surface area contributed by atoms with Gasteiger partial charge in [-0.15, -0.1) is 0 Å². The summed E-state index contributed by atoms with van der Waals surface area (Å²) in [5.41, 5.74) is 11.8. The summed E-state index contributed by atoms with van der Waals surface area (Å²) in [5, 5.41) is 11.9. The summed E-state index contributed by atoms with van der Waals surface area (Å²) >= 11 is 0. The van der Waals surface area contributed by atoms with E-state index in [0.717, 1.165) is 18.4 Å². The molecule has 1 aliphatic rings. The fraction of sp³-hybridized carbons (Fsp3) is 0.333. The van der Waals surface area contributed by atoms with Gasteiger partial charge in [0.1, 0.15) is 0 Å². The molecule has 156 valence electrons. The molecule has 0 saturated carbocycles. The smallest absolute Gasteiger partial charge is 0.269 e. The van der Waals surface area contributed by atoms with Gasteiger partial charge in [-0.05, 0) is 38.0 Å². The minimum Gasteiger partial charge on any atom is -0.396 e. The van der Waals surface area contributed by atoms with Crippen LogP contribution in [-0.4, -0.2) is 35.0 Å². The number of aryl methyl sites for hydroxylation is 1. The Bertz CT molecular complexity index is 1230. The van der Waals surface area contributed by atoms with E-state index in [1.807, 2.05) is 11.9 Å². The van der Waals surface area contributed by atoms with Crippen LogP contribution in [0.2, 0.25) is 0 Å². The summed E-state index contributed by atoms with van der Waals surface area (Å²) in [5.74, 6) is -0.0486. The third-order valence-corrected chi connectivity index (χ3v) is 7.29. The van der Waals surface area contributed by atoms with Crippen molar-refractivity contribution >= 4 is 32.4 Å². The van der Waals surface area contributed by atoms with E-state index in [9.17, 15) is 13.7 Å². The third kappa shape index (κ3) is 3.38. The maximum Gasteiger partial charge on any atom is 0.269 e. The monoisotopic (exact) mass is 424 g/mol. The second kappa shape index (κ2) is 7.63. The number of nitrogen functional groups attached to an aromatic ring is 1. The zero-order chi connectivity index (χ0) is 21.5. The lowest BCUT2D eigenvalue weighted by Gasteiger charge is -2.26. The third-order valence-electron chi connectivity index (χ3n) is 5.61. The highest BCUT2D eigenvalue weighted by Gasteiger charge is 2.32. The Morgan fingerprint density at radius 2 is 2.03 bits per heavy atom. The zero-order valence-corrected chi connectivity index (χ0v) is 17.7. The molecule has 0 radical (unpaired) electrons. The Morgan fingerprint density at radius 1 is 1.30 bits per heavy atom. The lowest BCUT2D eigenvalue weighted by molar-refractivity contribution is 0.299. The molecule has 9 heteroatoms. The van der Waals surface area contributed by atoms with Gasteiger partial charge >= 0.3 is 0 Å². The van der Waals surface area contributed by atoms with Crippen LogP contribution in [-0.2, 0) is 10.0 Å². The average molecular weight is 425 g/mol. The van der Waals surface area contributed by atoms with E-state index in [1.165, 1.54) is 16.4 Å². The lowest BCUT2D eigenvalue weighted by atomic mass is 10.1. The first kappa shape index (κ1) is 20.2. The topological polar surface area (TPSA) is 117 Å². The molecular formula is C21H24N6O2S. The summed E-state index contributed by atoms with van der Waals surface area (Å²) in [6.07, 6.45) is 4.64. The number of hydrogen-bond acceptors (Lipinski definition) is 7. The van der Waals surface area contributed by atoms with Crippen LogP contribution in [0.3, 0.4) is 0 Å². The van der Waals surface area contributed by atoms with E-state index < -0.39 is 10.0 Å². The molecular weight excluding hydrogens is 400 g/mol. The molecule has 1 saturated heterocycles. The van der Waals surface area contributed by atoms with Crippen molar-refractivity contribution in [3.63, 3.8) is 0 Å². The van der Waals surface area contributed by atoms with E-state index in [2.05, 4.69) is 23.4 Å². The first-order valence-electron chi connectivity index (χ1n) is 9.85. The van der Waals surface area contributed by atoms with E-state index in [4.69, 9.17) is 5.73 Å². The number of rotatable bonds is 5. The van der Waals surface area contributed by atoms with E-state index in [-0.39, 0.29) is 16.9 Å². The van der Waals surface area contributed by atoms with Crippen LogP contribution < -0.4 is 11.2 Å². The van der Waals surface area contributed by atoms with Gasteiger partial charge in [-0.25, -0.2) is 22.4 Å². The minimum absolute atomic E-state index is 0.0486. The fourth-order valence-corrected chi connectivity index (χ4v) is 5.20. The Labute approximate surface area is 175 Å². The highest BCUT2D eigenvalue weighted by molar-refractivity contribution is 7.90. The molecule has 0 aliphatic carbocycles. The van der Waals surface area contributed by atoms with Crippen molar-refractivity contribution in [1.82, 2.24) is 14.0 Å². The van der Waals surface area contributed by atoms with Gasteiger partial charge in [0.15, 0.2) is 5.65 Å². The molecule has 2 atom stereocenters. The molecule has 0 amide bonds. The molecule has 0 bridgehead atoms. The molecule has 0 spiro atoms. The van der Waals surface area contributed by atoms with Crippen molar-refractivity contribution in [1.29, 1.82) is 5.26 Å². The number of hydrazine groups is 1. The molecule has 1 aliphatic heterocycles. The average Bonchev–Trinajstić information content (AvgIpc) is 3.34. The Kier molecular flexibility index (Phi) is 5.13. The molecule has 3 heterocycles. The van der Waals surface area contributed by atoms with Gasteiger partial charge < -0.3 is 11.2 Å². The van der Waals surface area contributed by atoms with E-state index in [0.29, 0.717) is 29.0 Å². The number of fused-ring (bicyclic) bond motifs is 1. The molecule has 2 aromatic heterocycles. The number of nitrogens with two attached hydrogens (primary N) is 1. The molecule has 4 rings (SSSR count). The van der Waals surface area contributed by atoms with Gasteiger partial charge in [-0.1, -0.05) is 24.6 Å². The van der Waals surface area contributed by atoms with Crippen molar-refractivity contribution in [3.05, 3.63) is 48.3 Å². The number of nitrogens with zero attached hydrogens (tertiary/aromatic N) is 4. The normalized spacial score (nSPS) is 19.8. The number of aromatic nitrogens is 2. The molecule has 3 N–H and O–H groups in total. The van der Waals surface area contributed by atoms with Crippen molar-refractivity contribution in [2.45, 2.75) is 37.6 Å². The van der Waals surface area contributed by atoms with Crippen molar-refractivity contribution in [2.75, 3.05) is 17.7 Å². The van der Waals surface area contributed by atoms with Gasteiger partial charge in [0.05, 0.1) is 34.5 Å². The fourth-order valence-electron chi connectivity index (χ4n) is 3.90. The quantitative estimate of drug-likeness (QED) is 0.646. The molecule has 1 aromatic carbocycles. The Balaban J connectivity index is 1.75. The number of nitriles is 1. The van der Waals surface area contributed by atoms with Gasteiger partial charge in [0, 0.05) is 24.2 Å². The summed E-state index contributed by atoms with van der Waals surface area (Å²) in [6, 6.07) is 10.9. The number of benzene rings is 1. The summed E-state index contributed by atoms with van der Waals surface area (Å²) < 4.78 is 27.5. The van der Waals surface area contributed by atoms with Crippen LogP contribution in [0.5, 0.6) is 0 Å². The van der Waals surface area contributed by atoms with Crippen LogP contribution in [0, 0.1) is 24.2 Å². The van der Waals surface area contributed by atoms with Crippen molar-refractivity contribution in [3.8, 4) is 6.07 Å². The first-order valence-corrected chi connectivity index (χ1v) is 11.3. The van der Waals surface area contributed by atoms with Crippen LogP contribution in [0.15, 0.2) is 47.6 Å². The predicted octanol–water partition coefficient (Wildman–Crippen LogP) is 3.11. The van der Waals surface area contributed by atoms with Crippen LogP contribution in [0.1, 0.15) is 25.3 Å². The Hall–Kier alpha value is -3.09. The maximum absolute atomic E-state index is 13.2. The second-order valence-electron chi connectivity index (χ2n) is 7.64. The highest BCUT2D eigenvalue weighted by atomic mass is 32.2. The standard InChI is InChI=1S/C21H24N6O2S/c1-3-16-10-15(11-22)13-26(16)25-20-18-8-9-27(21(18)24-12-19(20)23)30(28,29)17-6-4-14(2)5-7-17/h4-9,12,15-16H,3,10,13,23H2,1-2H3,(H,24,25)/t15-,16-/m1/s1. The number of anilines is 2. The maximum atomic E-state index is 13.2. The molecule has 3 aromatic rings. The summed E-state index contributed by atoms with van der Waals surface area (Å²) in [6.45, 7) is 4.57. The largest absolute Gasteiger partial charge is 0.396 e. The summed E-state index contributed by atoms with van der Waals surface area (Å²) in [4.78, 5) is 4.50. The van der Waals surface area contributed by atoms with Gasteiger partial charge in [0.25, 0.3) is 10.0 Å². The van der Waals surface area contributed by atoms with Crippen LogP contribution in [0.4, 0.5) is 11.4 Å². The number of nitrogens with one attached hydrogen (secondary N) is 1. The number of hydrogen-bond donors (Lipinski definition) is 2. The zero-order valence-electron chi connectivity index (χ0n) is 16.9. The first-order chi connectivity index (χ1) is 14.3. The predicted molar refractivity (Wildman–Crippen MR) is 116 cm³/mol. The second-order valence-corrected chi connectivity index (χ2v) is 9.46. The van der Waals surface area contributed by atoms with Gasteiger partial charge in [-0.2, -0.15) is 5.26 Å². The van der Waals surface area contributed by atoms with Gasteiger partial charge in [0.2, 0.25) is 0 Å². The Morgan fingerprint density at radius 3 is 2.70 bits per heavy atom. The number of pyridine rings is 1. The summed E-state index contributed by atoms with van der Waals surface area (Å²) in [7, 11) is -3.80. The SMILES string of the molecule is CC[C@@H]1C[C@H](C#N)CN1Nc1c(N)cnc2c1ccn2S(=O)(=O)c1ccc(C)cc1. The highest BCUT2D eigenvalue weighted by Crippen LogP contribution is 2.33. The molecule has 8 nitrogen and oxygen atoms in total. The lowest BCUT2D eigenvalue weighted by Crippen LogP contribution is -2.35. The van der Waals surface area contributed by atoms with E-state index >= 15 is 0 Å².